The van der Waals surface area contributed by atoms with Crippen LogP contribution in [0, 0.1) is 6.92 Å². The molecule has 0 saturated heterocycles. The minimum atomic E-state index is 0.614. The van der Waals surface area contributed by atoms with Crippen LogP contribution in [0.5, 0.6) is 0 Å². The monoisotopic (exact) mass is 185 g/mol. The standard InChI is InChI=1S/C12H11NO/c1-9-4-2-3-5-11(9)12-7-6-10(8-14)13-12/h2-8,13H,1H3. The van der Waals surface area contributed by atoms with E-state index in [2.05, 4.69) is 18.0 Å². The maximum absolute atomic E-state index is 10.5. The minimum absolute atomic E-state index is 0.614. The Bertz CT molecular complexity index is 457. The molecule has 1 heterocycles. The lowest BCUT2D eigenvalue weighted by molar-refractivity contribution is 0.111. The first-order chi connectivity index (χ1) is 6.81. The highest BCUT2D eigenvalue weighted by molar-refractivity contribution is 5.75. The molecule has 0 aliphatic carbocycles. The lowest BCUT2D eigenvalue weighted by Gasteiger charge is -2.01. The SMILES string of the molecule is Cc1ccccc1-c1ccc(C=O)[nH]1. The van der Waals surface area contributed by atoms with E-state index in [-0.39, 0.29) is 0 Å². The summed E-state index contributed by atoms with van der Waals surface area (Å²) in [6, 6.07) is 11.8. The van der Waals surface area contributed by atoms with E-state index in [4.69, 9.17) is 0 Å². The number of aromatic nitrogens is 1. The number of hydrogen-bond acceptors (Lipinski definition) is 1. The largest absolute Gasteiger partial charge is 0.352 e. The lowest BCUT2D eigenvalue weighted by Crippen LogP contribution is -1.83. The molecule has 0 bridgehead atoms. The summed E-state index contributed by atoms with van der Waals surface area (Å²) in [5.74, 6) is 0. The zero-order valence-corrected chi connectivity index (χ0v) is 7.95. The zero-order chi connectivity index (χ0) is 9.97. The third-order valence-electron chi connectivity index (χ3n) is 2.27. The number of aryl methyl sites for hydroxylation is 1. The van der Waals surface area contributed by atoms with Gasteiger partial charge in [0.15, 0.2) is 6.29 Å². The molecule has 2 nitrogen and oxygen atoms in total. The molecule has 0 unspecified atom stereocenters. The fourth-order valence-electron chi connectivity index (χ4n) is 1.51. The average molecular weight is 185 g/mol. The van der Waals surface area contributed by atoms with Crippen molar-refractivity contribution in [1.82, 2.24) is 4.98 Å². The van der Waals surface area contributed by atoms with Crippen molar-refractivity contribution in [2.24, 2.45) is 0 Å². The maximum atomic E-state index is 10.5. The molecule has 2 aromatic rings. The van der Waals surface area contributed by atoms with Crippen molar-refractivity contribution in [2.45, 2.75) is 6.92 Å². The third kappa shape index (κ3) is 1.46. The molecule has 0 radical (unpaired) electrons. The summed E-state index contributed by atoms with van der Waals surface area (Å²) < 4.78 is 0. The van der Waals surface area contributed by atoms with Crippen LogP contribution in [-0.4, -0.2) is 11.3 Å². The van der Waals surface area contributed by atoms with Gasteiger partial charge in [-0.1, -0.05) is 24.3 Å². The maximum Gasteiger partial charge on any atom is 0.166 e. The van der Waals surface area contributed by atoms with Crippen molar-refractivity contribution >= 4 is 6.29 Å². The normalized spacial score (nSPS) is 10.1. The van der Waals surface area contributed by atoms with Crippen LogP contribution in [0.15, 0.2) is 36.4 Å². The van der Waals surface area contributed by atoms with Crippen molar-refractivity contribution in [1.29, 1.82) is 0 Å². The Balaban J connectivity index is 2.49. The average Bonchev–Trinajstić information content (AvgIpc) is 2.67. The molecule has 0 aliphatic heterocycles. The Kier molecular flexibility index (Phi) is 2.19. The van der Waals surface area contributed by atoms with Gasteiger partial charge in [-0.3, -0.25) is 4.79 Å². The molecular formula is C12H11NO. The van der Waals surface area contributed by atoms with Crippen molar-refractivity contribution in [3.63, 3.8) is 0 Å². The summed E-state index contributed by atoms with van der Waals surface area (Å²) in [7, 11) is 0. The first-order valence-electron chi connectivity index (χ1n) is 4.51. The molecule has 14 heavy (non-hydrogen) atoms. The summed E-state index contributed by atoms with van der Waals surface area (Å²) >= 11 is 0. The molecule has 2 rings (SSSR count). The van der Waals surface area contributed by atoms with Crippen LogP contribution in [0.4, 0.5) is 0 Å². The number of H-pyrrole nitrogens is 1. The van der Waals surface area contributed by atoms with Gasteiger partial charge in [0.1, 0.15) is 0 Å². The van der Waals surface area contributed by atoms with E-state index in [1.54, 1.807) is 6.07 Å². The van der Waals surface area contributed by atoms with Gasteiger partial charge >= 0.3 is 0 Å². The quantitative estimate of drug-likeness (QED) is 0.717. The first kappa shape index (κ1) is 8.75. The summed E-state index contributed by atoms with van der Waals surface area (Å²) in [6.45, 7) is 2.05. The first-order valence-corrected chi connectivity index (χ1v) is 4.51. The summed E-state index contributed by atoms with van der Waals surface area (Å²) in [6.07, 6.45) is 0.821. The number of nitrogens with one attached hydrogen (secondary N) is 1. The molecule has 0 fully saturated rings. The van der Waals surface area contributed by atoms with Crippen molar-refractivity contribution in [3.05, 3.63) is 47.7 Å². The second-order valence-electron chi connectivity index (χ2n) is 3.26. The van der Waals surface area contributed by atoms with Gasteiger partial charge in [0.25, 0.3) is 0 Å². The second kappa shape index (κ2) is 3.50. The van der Waals surface area contributed by atoms with Gasteiger partial charge in [-0.25, -0.2) is 0 Å². The van der Waals surface area contributed by atoms with Gasteiger partial charge in [0.05, 0.1) is 5.69 Å². The van der Waals surface area contributed by atoms with E-state index in [0.29, 0.717) is 5.69 Å². The minimum Gasteiger partial charge on any atom is -0.352 e. The number of carbonyl (C=O) groups excluding carboxylic acids is 1. The molecule has 0 amide bonds. The van der Waals surface area contributed by atoms with Crippen molar-refractivity contribution in [2.75, 3.05) is 0 Å². The highest BCUT2D eigenvalue weighted by atomic mass is 16.1. The van der Waals surface area contributed by atoms with Crippen molar-refractivity contribution in [3.8, 4) is 11.3 Å². The predicted molar refractivity (Wildman–Crippen MR) is 56.4 cm³/mol. The summed E-state index contributed by atoms with van der Waals surface area (Å²) in [5, 5.41) is 0. The highest BCUT2D eigenvalue weighted by Gasteiger charge is 2.02. The Morgan fingerprint density at radius 1 is 1.14 bits per heavy atom. The molecule has 0 aliphatic rings. The fourth-order valence-corrected chi connectivity index (χ4v) is 1.51. The van der Waals surface area contributed by atoms with Gasteiger partial charge in [0.2, 0.25) is 0 Å². The van der Waals surface area contributed by atoms with Crippen LogP contribution >= 0.6 is 0 Å². The van der Waals surface area contributed by atoms with Crippen LogP contribution in [0.1, 0.15) is 16.1 Å². The molecule has 0 spiro atoms. The van der Waals surface area contributed by atoms with Crippen LogP contribution in [0.2, 0.25) is 0 Å². The number of hydrogen-bond donors (Lipinski definition) is 1. The van der Waals surface area contributed by atoms with E-state index in [1.807, 2.05) is 24.3 Å². The van der Waals surface area contributed by atoms with Gasteiger partial charge in [-0.05, 0) is 24.6 Å². The number of carbonyl (C=O) groups is 1. The summed E-state index contributed by atoms with van der Waals surface area (Å²) in [4.78, 5) is 13.6. The Morgan fingerprint density at radius 2 is 1.93 bits per heavy atom. The Morgan fingerprint density at radius 3 is 2.57 bits per heavy atom. The van der Waals surface area contributed by atoms with Gasteiger partial charge in [-0.2, -0.15) is 0 Å². The second-order valence-corrected chi connectivity index (χ2v) is 3.26. The van der Waals surface area contributed by atoms with E-state index in [1.165, 1.54) is 5.56 Å². The molecular weight excluding hydrogens is 174 g/mol. The molecule has 70 valence electrons. The van der Waals surface area contributed by atoms with E-state index in [0.717, 1.165) is 17.5 Å². The Labute approximate surface area is 82.6 Å². The third-order valence-corrected chi connectivity index (χ3v) is 2.27. The van der Waals surface area contributed by atoms with Crippen LogP contribution in [0.3, 0.4) is 0 Å². The van der Waals surface area contributed by atoms with E-state index < -0.39 is 0 Å². The van der Waals surface area contributed by atoms with Gasteiger partial charge in [0, 0.05) is 11.3 Å². The molecule has 1 aromatic heterocycles. The van der Waals surface area contributed by atoms with Gasteiger partial charge < -0.3 is 4.98 Å². The van der Waals surface area contributed by atoms with Crippen molar-refractivity contribution < 1.29 is 4.79 Å². The molecule has 0 atom stereocenters. The topological polar surface area (TPSA) is 32.9 Å². The number of aromatic amines is 1. The van der Waals surface area contributed by atoms with E-state index >= 15 is 0 Å². The van der Waals surface area contributed by atoms with E-state index in [9.17, 15) is 4.79 Å². The zero-order valence-electron chi connectivity index (χ0n) is 7.95. The highest BCUT2D eigenvalue weighted by Crippen LogP contribution is 2.21. The van der Waals surface area contributed by atoms with Crippen LogP contribution < -0.4 is 0 Å². The molecule has 1 aromatic carbocycles. The summed E-state index contributed by atoms with van der Waals surface area (Å²) in [5.41, 5.74) is 3.95. The number of benzene rings is 1. The van der Waals surface area contributed by atoms with Crippen LogP contribution in [0.25, 0.3) is 11.3 Å². The number of rotatable bonds is 2. The number of aldehydes is 1. The Hall–Kier alpha value is -1.83. The van der Waals surface area contributed by atoms with Crippen LogP contribution in [-0.2, 0) is 0 Å². The van der Waals surface area contributed by atoms with Gasteiger partial charge in [-0.15, -0.1) is 0 Å². The molecule has 1 N–H and O–H groups in total. The smallest absolute Gasteiger partial charge is 0.166 e. The molecule has 2 heteroatoms. The fraction of sp³-hybridized carbons (Fsp3) is 0.0833. The predicted octanol–water partition coefficient (Wildman–Crippen LogP) is 2.80. The molecule has 0 saturated carbocycles. The lowest BCUT2D eigenvalue weighted by atomic mass is 10.1.